The second kappa shape index (κ2) is 2.87. The molecule has 1 aromatic carbocycles. The Morgan fingerprint density at radius 2 is 2.14 bits per heavy atom. The summed E-state index contributed by atoms with van der Waals surface area (Å²) in [5.41, 5.74) is 2.19. The minimum Gasteiger partial charge on any atom is -0.507 e. The van der Waals surface area contributed by atoms with Crippen molar-refractivity contribution < 1.29 is 9.90 Å². The number of rotatable bonds is 1. The molecular formula is C11H11NO2. The van der Waals surface area contributed by atoms with Crippen molar-refractivity contribution >= 4 is 17.2 Å². The number of hydrogen-bond donors (Lipinski definition) is 1. The third-order valence-electron chi connectivity index (χ3n) is 2.49. The quantitative estimate of drug-likeness (QED) is 0.697. The number of carbonyl (C=O) groups is 1. The molecule has 14 heavy (non-hydrogen) atoms. The van der Waals surface area contributed by atoms with E-state index in [0.29, 0.717) is 10.9 Å². The Bertz CT molecular complexity index is 511. The smallest absolute Gasteiger partial charge is 0.152 e. The van der Waals surface area contributed by atoms with E-state index in [-0.39, 0.29) is 5.75 Å². The first kappa shape index (κ1) is 8.81. The second-order valence-corrected chi connectivity index (χ2v) is 3.44. The van der Waals surface area contributed by atoms with Crippen LogP contribution in [0.25, 0.3) is 10.9 Å². The zero-order valence-corrected chi connectivity index (χ0v) is 8.11. The van der Waals surface area contributed by atoms with Crippen LogP contribution in [0.1, 0.15) is 15.9 Å². The van der Waals surface area contributed by atoms with Crippen LogP contribution in [0.15, 0.2) is 18.3 Å². The van der Waals surface area contributed by atoms with E-state index in [4.69, 9.17) is 0 Å². The molecule has 0 radical (unpaired) electrons. The summed E-state index contributed by atoms with van der Waals surface area (Å²) in [4.78, 5) is 10.8. The van der Waals surface area contributed by atoms with Gasteiger partial charge >= 0.3 is 0 Å². The summed E-state index contributed by atoms with van der Waals surface area (Å²) in [5, 5.41) is 10.5. The molecule has 0 saturated heterocycles. The minimum absolute atomic E-state index is 0.199. The van der Waals surface area contributed by atoms with E-state index in [1.54, 1.807) is 6.20 Å². The van der Waals surface area contributed by atoms with Crippen LogP contribution in [0.3, 0.4) is 0 Å². The van der Waals surface area contributed by atoms with Crippen LogP contribution < -0.4 is 0 Å². The summed E-state index contributed by atoms with van der Waals surface area (Å²) in [5.74, 6) is 0.199. The zero-order valence-electron chi connectivity index (χ0n) is 8.11. The Balaban J connectivity index is 2.98. The van der Waals surface area contributed by atoms with Crippen molar-refractivity contribution in [1.29, 1.82) is 0 Å². The van der Waals surface area contributed by atoms with Gasteiger partial charge in [-0.1, -0.05) is 6.07 Å². The maximum atomic E-state index is 10.8. The highest BCUT2D eigenvalue weighted by molar-refractivity contribution is 6.01. The number of aromatic hydroxyl groups is 1. The van der Waals surface area contributed by atoms with Crippen LogP contribution in [0.4, 0.5) is 0 Å². The normalized spacial score (nSPS) is 10.7. The Morgan fingerprint density at radius 3 is 2.79 bits per heavy atom. The SMILES string of the molecule is Cc1ccc2c(c(C=O)cn2C)c1O. The van der Waals surface area contributed by atoms with Gasteiger partial charge in [0.1, 0.15) is 5.75 Å². The Morgan fingerprint density at radius 1 is 1.43 bits per heavy atom. The van der Waals surface area contributed by atoms with Crippen LogP contribution >= 0.6 is 0 Å². The van der Waals surface area contributed by atoms with E-state index in [0.717, 1.165) is 17.4 Å². The number of phenols is 1. The summed E-state index contributed by atoms with van der Waals surface area (Å²) >= 11 is 0. The number of fused-ring (bicyclic) bond motifs is 1. The summed E-state index contributed by atoms with van der Waals surface area (Å²) in [6, 6.07) is 3.74. The van der Waals surface area contributed by atoms with Crippen LogP contribution in [-0.2, 0) is 7.05 Å². The monoisotopic (exact) mass is 189 g/mol. The number of aryl methyl sites for hydroxylation is 2. The lowest BCUT2D eigenvalue weighted by Gasteiger charge is -2.01. The third kappa shape index (κ3) is 1.02. The van der Waals surface area contributed by atoms with Crippen LogP contribution in [0.5, 0.6) is 5.75 Å². The molecule has 2 rings (SSSR count). The Hall–Kier alpha value is -1.77. The van der Waals surface area contributed by atoms with Crippen LogP contribution in [0, 0.1) is 6.92 Å². The fourth-order valence-electron chi connectivity index (χ4n) is 1.70. The number of nitrogens with zero attached hydrogens (tertiary/aromatic N) is 1. The molecule has 0 spiro atoms. The standard InChI is InChI=1S/C11H11NO2/c1-7-3-4-9-10(11(7)14)8(6-13)5-12(9)2/h3-6,14H,1-2H3. The minimum atomic E-state index is 0.199. The van der Waals surface area contributed by atoms with Crippen molar-refractivity contribution in [3.8, 4) is 5.75 Å². The van der Waals surface area contributed by atoms with Gasteiger partial charge in [0.2, 0.25) is 0 Å². The van der Waals surface area contributed by atoms with E-state index in [1.165, 1.54) is 0 Å². The Kier molecular flexibility index (Phi) is 1.81. The molecule has 3 nitrogen and oxygen atoms in total. The molecule has 3 heteroatoms. The van der Waals surface area contributed by atoms with Crippen LogP contribution in [-0.4, -0.2) is 16.0 Å². The lowest BCUT2D eigenvalue weighted by molar-refractivity contribution is 0.112. The van der Waals surface area contributed by atoms with E-state index >= 15 is 0 Å². The molecule has 0 aliphatic rings. The van der Waals surface area contributed by atoms with Gasteiger partial charge in [0.25, 0.3) is 0 Å². The predicted octanol–water partition coefficient (Wildman–Crippen LogP) is 2.00. The average molecular weight is 189 g/mol. The van der Waals surface area contributed by atoms with E-state index in [1.807, 2.05) is 30.7 Å². The summed E-state index contributed by atoms with van der Waals surface area (Å²) in [7, 11) is 1.85. The summed E-state index contributed by atoms with van der Waals surface area (Å²) in [6.45, 7) is 1.82. The first-order valence-electron chi connectivity index (χ1n) is 4.38. The van der Waals surface area contributed by atoms with Gasteiger partial charge in [0.05, 0.1) is 10.9 Å². The van der Waals surface area contributed by atoms with Gasteiger partial charge in [-0.3, -0.25) is 4.79 Å². The van der Waals surface area contributed by atoms with E-state index in [9.17, 15) is 9.90 Å². The highest BCUT2D eigenvalue weighted by Gasteiger charge is 2.11. The Labute approximate surface area is 81.6 Å². The molecule has 0 fully saturated rings. The van der Waals surface area contributed by atoms with Gasteiger partial charge < -0.3 is 9.67 Å². The molecule has 1 heterocycles. The van der Waals surface area contributed by atoms with Gasteiger partial charge in [0, 0.05) is 18.8 Å². The van der Waals surface area contributed by atoms with Gasteiger partial charge in [-0.05, 0) is 18.6 Å². The van der Waals surface area contributed by atoms with Gasteiger partial charge in [0.15, 0.2) is 6.29 Å². The van der Waals surface area contributed by atoms with Gasteiger partial charge in [-0.25, -0.2) is 0 Å². The number of benzene rings is 1. The van der Waals surface area contributed by atoms with Crippen molar-refractivity contribution in [3.05, 3.63) is 29.5 Å². The van der Waals surface area contributed by atoms with Crippen molar-refractivity contribution in [2.45, 2.75) is 6.92 Å². The molecule has 72 valence electrons. The van der Waals surface area contributed by atoms with E-state index < -0.39 is 0 Å². The summed E-state index contributed by atoms with van der Waals surface area (Å²) < 4.78 is 1.83. The van der Waals surface area contributed by atoms with Crippen molar-refractivity contribution in [2.24, 2.45) is 7.05 Å². The zero-order chi connectivity index (χ0) is 10.3. The summed E-state index contributed by atoms with van der Waals surface area (Å²) in [6.07, 6.45) is 2.48. The maximum absolute atomic E-state index is 10.8. The number of hydrogen-bond acceptors (Lipinski definition) is 2. The maximum Gasteiger partial charge on any atom is 0.152 e. The number of carbonyl (C=O) groups excluding carboxylic acids is 1. The average Bonchev–Trinajstić information content (AvgIpc) is 2.50. The third-order valence-corrected chi connectivity index (χ3v) is 2.49. The predicted molar refractivity (Wildman–Crippen MR) is 54.7 cm³/mol. The molecule has 2 aromatic rings. The first-order valence-corrected chi connectivity index (χ1v) is 4.38. The van der Waals surface area contributed by atoms with Crippen molar-refractivity contribution in [2.75, 3.05) is 0 Å². The molecule has 0 unspecified atom stereocenters. The largest absolute Gasteiger partial charge is 0.507 e. The number of aromatic nitrogens is 1. The van der Waals surface area contributed by atoms with Crippen molar-refractivity contribution in [3.63, 3.8) is 0 Å². The molecule has 0 saturated carbocycles. The van der Waals surface area contributed by atoms with Gasteiger partial charge in [-0.15, -0.1) is 0 Å². The number of aldehydes is 1. The highest BCUT2D eigenvalue weighted by Crippen LogP contribution is 2.31. The lowest BCUT2D eigenvalue weighted by Crippen LogP contribution is -1.83. The molecule has 0 aliphatic carbocycles. The molecule has 1 aromatic heterocycles. The van der Waals surface area contributed by atoms with E-state index in [2.05, 4.69) is 0 Å². The topological polar surface area (TPSA) is 42.2 Å². The fourth-order valence-corrected chi connectivity index (χ4v) is 1.70. The molecular weight excluding hydrogens is 178 g/mol. The molecule has 0 atom stereocenters. The molecule has 1 N–H and O–H groups in total. The molecule has 0 amide bonds. The number of phenolic OH excluding ortho intramolecular Hbond substituents is 1. The molecule has 0 bridgehead atoms. The second-order valence-electron chi connectivity index (χ2n) is 3.44. The first-order chi connectivity index (χ1) is 6.65. The van der Waals surface area contributed by atoms with Crippen molar-refractivity contribution in [1.82, 2.24) is 4.57 Å². The lowest BCUT2D eigenvalue weighted by atomic mass is 10.1. The van der Waals surface area contributed by atoms with Gasteiger partial charge in [-0.2, -0.15) is 0 Å². The van der Waals surface area contributed by atoms with Crippen LogP contribution in [0.2, 0.25) is 0 Å². The highest BCUT2D eigenvalue weighted by atomic mass is 16.3. The fraction of sp³-hybridized carbons (Fsp3) is 0.182. The molecule has 0 aliphatic heterocycles.